The van der Waals surface area contributed by atoms with Gasteiger partial charge in [0.25, 0.3) is 5.91 Å². The molecule has 1 atom stereocenters. The molecule has 0 radical (unpaired) electrons. The predicted octanol–water partition coefficient (Wildman–Crippen LogP) is 2.50. The monoisotopic (exact) mass is 353 g/mol. The summed E-state index contributed by atoms with van der Waals surface area (Å²) in [7, 11) is -3.01. The highest BCUT2D eigenvalue weighted by Crippen LogP contribution is 2.21. The standard InChI is InChI=1S/C18H27NO4S/c1-4-5-9-19(16-8-10-24(21,22)13-16)18(20)12-23-17-11-14(2)6-7-15(17)3/h6-7,11,16H,4-5,8-10,12-13H2,1-3H3. The molecule has 1 amide bonds. The van der Waals surface area contributed by atoms with Crippen molar-refractivity contribution in [3.05, 3.63) is 29.3 Å². The first-order chi connectivity index (χ1) is 11.3. The van der Waals surface area contributed by atoms with Crippen LogP contribution in [0.3, 0.4) is 0 Å². The van der Waals surface area contributed by atoms with E-state index in [0.29, 0.717) is 18.7 Å². The molecule has 0 spiro atoms. The number of rotatable bonds is 7. The lowest BCUT2D eigenvalue weighted by atomic mass is 10.1. The van der Waals surface area contributed by atoms with Crippen LogP contribution in [-0.4, -0.2) is 49.9 Å². The average molecular weight is 353 g/mol. The van der Waals surface area contributed by atoms with Gasteiger partial charge in [-0.25, -0.2) is 8.42 Å². The zero-order valence-electron chi connectivity index (χ0n) is 14.7. The number of carbonyl (C=O) groups is 1. The molecule has 1 unspecified atom stereocenters. The van der Waals surface area contributed by atoms with Gasteiger partial charge in [-0.05, 0) is 43.9 Å². The maximum atomic E-state index is 12.6. The Kier molecular flexibility index (Phi) is 6.27. The number of aryl methyl sites for hydroxylation is 2. The molecule has 0 bridgehead atoms. The van der Waals surface area contributed by atoms with Gasteiger partial charge in [0.15, 0.2) is 16.4 Å². The SMILES string of the molecule is CCCCN(C(=O)COc1cc(C)ccc1C)C1CCS(=O)(=O)C1. The summed E-state index contributed by atoms with van der Waals surface area (Å²) in [6, 6.07) is 5.67. The molecule has 0 N–H and O–H groups in total. The second kappa shape index (κ2) is 8.01. The fourth-order valence-electron chi connectivity index (χ4n) is 2.95. The molecule has 1 aromatic rings. The number of unbranched alkanes of at least 4 members (excludes halogenated alkanes) is 1. The first-order valence-corrected chi connectivity index (χ1v) is 10.3. The number of carbonyl (C=O) groups excluding carboxylic acids is 1. The molecule has 1 saturated heterocycles. The van der Waals surface area contributed by atoms with Crippen LogP contribution < -0.4 is 4.74 Å². The van der Waals surface area contributed by atoms with Crippen LogP contribution in [0.15, 0.2) is 18.2 Å². The highest BCUT2D eigenvalue weighted by atomic mass is 32.2. The molecule has 6 heteroatoms. The van der Waals surface area contributed by atoms with E-state index in [1.165, 1.54) is 0 Å². The van der Waals surface area contributed by atoms with Crippen LogP contribution in [0.25, 0.3) is 0 Å². The van der Waals surface area contributed by atoms with Crippen LogP contribution in [-0.2, 0) is 14.6 Å². The van der Waals surface area contributed by atoms with Gasteiger partial charge < -0.3 is 9.64 Å². The van der Waals surface area contributed by atoms with Gasteiger partial charge in [0.2, 0.25) is 0 Å². The molecule has 2 rings (SSSR count). The Hall–Kier alpha value is -1.56. The summed E-state index contributed by atoms with van der Waals surface area (Å²) < 4.78 is 29.2. The number of ether oxygens (including phenoxy) is 1. The summed E-state index contributed by atoms with van der Waals surface area (Å²) in [5, 5.41) is 0. The first-order valence-electron chi connectivity index (χ1n) is 8.52. The largest absolute Gasteiger partial charge is 0.483 e. The second-order valence-electron chi connectivity index (χ2n) is 6.56. The minimum atomic E-state index is -3.01. The number of benzene rings is 1. The van der Waals surface area contributed by atoms with E-state index in [1.807, 2.05) is 32.0 Å². The van der Waals surface area contributed by atoms with Gasteiger partial charge in [-0.2, -0.15) is 0 Å². The summed E-state index contributed by atoms with van der Waals surface area (Å²) in [4.78, 5) is 14.3. The van der Waals surface area contributed by atoms with Crippen LogP contribution >= 0.6 is 0 Å². The van der Waals surface area contributed by atoms with Crippen LogP contribution in [0.1, 0.15) is 37.3 Å². The molecule has 5 nitrogen and oxygen atoms in total. The minimum Gasteiger partial charge on any atom is -0.483 e. The number of nitrogens with zero attached hydrogens (tertiary/aromatic N) is 1. The quantitative estimate of drug-likeness (QED) is 0.755. The average Bonchev–Trinajstić information content (AvgIpc) is 2.88. The van der Waals surface area contributed by atoms with Crippen molar-refractivity contribution in [3.63, 3.8) is 0 Å². The van der Waals surface area contributed by atoms with Gasteiger partial charge in [-0.3, -0.25) is 4.79 Å². The van der Waals surface area contributed by atoms with Gasteiger partial charge in [0.1, 0.15) is 5.75 Å². The van der Waals surface area contributed by atoms with Gasteiger partial charge in [-0.1, -0.05) is 25.5 Å². The lowest BCUT2D eigenvalue weighted by Crippen LogP contribution is -2.44. The van der Waals surface area contributed by atoms with E-state index in [1.54, 1.807) is 4.90 Å². The predicted molar refractivity (Wildman–Crippen MR) is 95.1 cm³/mol. The van der Waals surface area contributed by atoms with Crippen molar-refractivity contribution in [2.45, 2.75) is 46.1 Å². The highest BCUT2D eigenvalue weighted by Gasteiger charge is 2.34. The number of hydrogen-bond donors (Lipinski definition) is 0. The van der Waals surface area contributed by atoms with Crippen LogP contribution in [0.2, 0.25) is 0 Å². The van der Waals surface area contributed by atoms with Crippen molar-refractivity contribution in [2.24, 2.45) is 0 Å². The Labute approximate surface area is 144 Å². The fourth-order valence-corrected chi connectivity index (χ4v) is 4.68. The van der Waals surface area contributed by atoms with Gasteiger partial charge >= 0.3 is 0 Å². The molecule has 1 heterocycles. The molecule has 1 aromatic carbocycles. The van der Waals surface area contributed by atoms with Crippen molar-refractivity contribution in [1.82, 2.24) is 4.90 Å². The van der Waals surface area contributed by atoms with E-state index in [9.17, 15) is 13.2 Å². The molecule has 1 aliphatic rings. The molecule has 0 aromatic heterocycles. The maximum Gasteiger partial charge on any atom is 0.260 e. The van der Waals surface area contributed by atoms with E-state index in [0.717, 1.165) is 24.0 Å². The topological polar surface area (TPSA) is 63.7 Å². The third kappa shape index (κ3) is 4.97. The van der Waals surface area contributed by atoms with Crippen molar-refractivity contribution in [1.29, 1.82) is 0 Å². The minimum absolute atomic E-state index is 0.0510. The number of sulfone groups is 1. The summed E-state index contributed by atoms with van der Waals surface area (Å²) in [5.74, 6) is 0.821. The van der Waals surface area contributed by atoms with Crippen molar-refractivity contribution < 1.29 is 17.9 Å². The lowest BCUT2D eigenvalue weighted by Gasteiger charge is -2.28. The van der Waals surface area contributed by atoms with E-state index in [4.69, 9.17) is 4.74 Å². The summed E-state index contributed by atoms with van der Waals surface area (Å²) in [6.45, 7) is 6.51. The second-order valence-corrected chi connectivity index (χ2v) is 8.78. The van der Waals surface area contributed by atoms with Gasteiger partial charge in [0, 0.05) is 12.6 Å². The molecule has 0 aliphatic carbocycles. The fraction of sp³-hybridized carbons (Fsp3) is 0.611. The third-order valence-electron chi connectivity index (χ3n) is 4.42. The summed E-state index contributed by atoms with van der Waals surface area (Å²) in [5.41, 5.74) is 2.06. The zero-order chi connectivity index (χ0) is 17.7. The molecule has 0 saturated carbocycles. The van der Waals surface area contributed by atoms with E-state index < -0.39 is 9.84 Å². The number of amides is 1. The summed E-state index contributed by atoms with van der Waals surface area (Å²) in [6.07, 6.45) is 2.36. The molecular weight excluding hydrogens is 326 g/mol. The maximum absolute atomic E-state index is 12.6. The Morgan fingerprint density at radius 3 is 2.71 bits per heavy atom. The van der Waals surface area contributed by atoms with Gasteiger partial charge in [0.05, 0.1) is 11.5 Å². The van der Waals surface area contributed by atoms with Gasteiger partial charge in [-0.15, -0.1) is 0 Å². The van der Waals surface area contributed by atoms with E-state index in [2.05, 4.69) is 6.92 Å². The molecule has 24 heavy (non-hydrogen) atoms. The Balaban J connectivity index is 2.03. The molecule has 1 aliphatic heterocycles. The first kappa shape index (κ1) is 18.8. The van der Waals surface area contributed by atoms with Crippen molar-refractivity contribution in [3.8, 4) is 5.75 Å². The summed E-state index contributed by atoms with van der Waals surface area (Å²) >= 11 is 0. The Morgan fingerprint density at radius 1 is 1.33 bits per heavy atom. The lowest BCUT2D eigenvalue weighted by molar-refractivity contribution is -0.135. The third-order valence-corrected chi connectivity index (χ3v) is 6.17. The van der Waals surface area contributed by atoms with Crippen molar-refractivity contribution in [2.75, 3.05) is 24.7 Å². The van der Waals surface area contributed by atoms with Crippen LogP contribution in [0.4, 0.5) is 0 Å². The van der Waals surface area contributed by atoms with Crippen LogP contribution in [0, 0.1) is 13.8 Å². The van der Waals surface area contributed by atoms with E-state index in [-0.39, 0.29) is 30.1 Å². The van der Waals surface area contributed by atoms with Crippen LogP contribution in [0.5, 0.6) is 5.75 Å². The Morgan fingerprint density at radius 2 is 2.08 bits per heavy atom. The number of hydrogen-bond acceptors (Lipinski definition) is 4. The Bertz CT molecular complexity index is 684. The molecular formula is C18H27NO4S. The zero-order valence-corrected chi connectivity index (χ0v) is 15.6. The van der Waals surface area contributed by atoms with E-state index >= 15 is 0 Å². The van der Waals surface area contributed by atoms with Crippen molar-refractivity contribution >= 4 is 15.7 Å². The molecule has 1 fully saturated rings. The molecule has 134 valence electrons. The smallest absolute Gasteiger partial charge is 0.260 e. The highest BCUT2D eigenvalue weighted by molar-refractivity contribution is 7.91. The normalized spacial score (nSPS) is 19.2.